The summed E-state index contributed by atoms with van der Waals surface area (Å²) in [7, 11) is 2.06. The molecule has 0 amide bonds. The number of hydrogen-bond acceptors (Lipinski definition) is 5. The van der Waals surface area contributed by atoms with Crippen molar-refractivity contribution < 1.29 is 14.6 Å². The Morgan fingerprint density at radius 2 is 1.62 bits per heavy atom. The van der Waals surface area contributed by atoms with E-state index in [2.05, 4.69) is 59.1 Å². The number of nitrogens with one attached hydrogen (secondary N) is 1. The van der Waals surface area contributed by atoms with Crippen molar-refractivity contribution in [3.63, 3.8) is 0 Å². The van der Waals surface area contributed by atoms with E-state index in [-0.39, 0.29) is 24.8 Å². The zero-order chi connectivity index (χ0) is 30.5. The highest BCUT2D eigenvalue weighted by atomic mass is 19.4. The molecule has 3 aromatic rings. The molecule has 0 radical (unpaired) electrons. The topological polar surface area (TPSA) is 58.9 Å². The van der Waals surface area contributed by atoms with Crippen molar-refractivity contribution in [2.24, 2.45) is 0 Å². The van der Waals surface area contributed by atoms with Gasteiger partial charge in [0, 0.05) is 32.1 Å². The van der Waals surface area contributed by atoms with Gasteiger partial charge in [0.1, 0.15) is 22.8 Å². The number of alkyl halides is 3. The monoisotopic (exact) mass is 564 g/mol. The first-order chi connectivity index (χ1) is 19.1. The standard InChI is InChI=1S/C27H37F3N6.2C2H6.H2/c1-7-10-21(11-8-2)33-26-31-15-22(27(28,29)30)25(34-26)23-17-36(19(5)32-23)24-13-12-20(14-18(24)4)16-35(6)9-3;2*1-2;/h12-15,17,21H,7-11,16H2,1-6H3,(H,31,33,34);2*1-2H3;1H. The molecule has 0 saturated heterocycles. The molecule has 2 heterocycles. The van der Waals surface area contributed by atoms with Gasteiger partial charge in [-0.3, -0.25) is 0 Å². The molecule has 0 aliphatic rings. The predicted molar refractivity (Wildman–Crippen MR) is 163 cm³/mol. The van der Waals surface area contributed by atoms with Crippen LogP contribution in [-0.4, -0.2) is 44.1 Å². The number of anilines is 1. The van der Waals surface area contributed by atoms with Crippen molar-refractivity contribution in [3.05, 3.63) is 53.1 Å². The second kappa shape index (κ2) is 17.0. The summed E-state index contributed by atoms with van der Waals surface area (Å²) < 4.78 is 43.5. The van der Waals surface area contributed by atoms with Crippen molar-refractivity contribution in [2.45, 2.75) is 107 Å². The molecular formula is C31H51F3N6. The lowest BCUT2D eigenvalue weighted by Gasteiger charge is -2.18. The van der Waals surface area contributed by atoms with Crippen molar-refractivity contribution in [3.8, 4) is 17.1 Å². The van der Waals surface area contributed by atoms with Crippen molar-refractivity contribution in [2.75, 3.05) is 18.9 Å². The fraction of sp³-hybridized carbons (Fsp3) is 0.581. The van der Waals surface area contributed by atoms with E-state index in [9.17, 15) is 13.2 Å². The van der Waals surface area contributed by atoms with Gasteiger partial charge in [-0.15, -0.1) is 0 Å². The van der Waals surface area contributed by atoms with Crippen LogP contribution in [0.3, 0.4) is 0 Å². The first-order valence-electron chi connectivity index (χ1n) is 14.6. The van der Waals surface area contributed by atoms with Crippen LogP contribution in [0.5, 0.6) is 0 Å². The number of aryl methyl sites for hydroxylation is 2. The minimum absolute atomic E-state index is 0. The number of nitrogens with zero attached hydrogens (tertiary/aromatic N) is 5. The molecule has 0 bridgehead atoms. The molecule has 0 aliphatic carbocycles. The summed E-state index contributed by atoms with van der Waals surface area (Å²) in [6.45, 7) is 19.8. The number of benzene rings is 1. The van der Waals surface area contributed by atoms with E-state index >= 15 is 0 Å². The van der Waals surface area contributed by atoms with Gasteiger partial charge < -0.3 is 14.8 Å². The maximum absolute atomic E-state index is 13.9. The molecule has 0 aliphatic heterocycles. The van der Waals surface area contributed by atoms with Crippen LogP contribution in [0.25, 0.3) is 17.1 Å². The Hall–Kier alpha value is -2.94. The molecule has 2 aromatic heterocycles. The van der Waals surface area contributed by atoms with E-state index in [4.69, 9.17) is 0 Å². The highest BCUT2D eigenvalue weighted by Gasteiger charge is 2.36. The fourth-order valence-corrected chi connectivity index (χ4v) is 4.36. The number of halogens is 3. The maximum Gasteiger partial charge on any atom is 0.420 e. The molecule has 1 N–H and O–H groups in total. The normalized spacial score (nSPS) is 11.2. The van der Waals surface area contributed by atoms with Gasteiger partial charge in [-0.25, -0.2) is 15.0 Å². The molecule has 1 aromatic carbocycles. The third-order valence-corrected chi connectivity index (χ3v) is 6.34. The van der Waals surface area contributed by atoms with Crippen LogP contribution in [0.2, 0.25) is 0 Å². The quantitative estimate of drug-likeness (QED) is 0.252. The van der Waals surface area contributed by atoms with Gasteiger partial charge >= 0.3 is 6.18 Å². The summed E-state index contributed by atoms with van der Waals surface area (Å²) in [5, 5.41) is 3.23. The van der Waals surface area contributed by atoms with Crippen LogP contribution < -0.4 is 5.32 Å². The molecule has 0 unspecified atom stereocenters. The van der Waals surface area contributed by atoms with Gasteiger partial charge in [0.15, 0.2) is 0 Å². The lowest BCUT2D eigenvalue weighted by atomic mass is 10.1. The molecule has 0 atom stereocenters. The van der Waals surface area contributed by atoms with Crippen LogP contribution in [0.15, 0.2) is 30.6 Å². The summed E-state index contributed by atoms with van der Waals surface area (Å²) >= 11 is 0. The molecule has 3 rings (SSSR count). The van der Waals surface area contributed by atoms with Crippen LogP contribution in [-0.2, 0) is 12.7 Å². The van der Waals surface area contributed by atoms with Gasteiger partial charge in [-0.1, -0.05) is 73.4 Å². The largest absolute Gasteiger partial charge is 0.420 e. The maximum atomic E-state index is 13.9. The number of hydrogen-bond donors (Lipinski definition) is 1. The molecule has 0 saturated carbocycles. The van der Waals surface area contributed by atoms with Gasteiger partial charge in [-0.2, -0.15) is 13.2 Å². The van der Waals surface area contributed by atoms with Gasteiger partial charge in [0.2, 0.25) is 5.95 Å². The number of rotatable bonds is 11. The van der Waals surface area contributed by atoms with E-state index in [1.54, 1.807) is 13.1 Å². The van der Waals surface area contributed by atoms with Crippen molar-refractivity contribution >= 4 is 5.95 Å². The Morgan fingerprint density at radius 3 is 2.15 bits per heavy atom. The SMILES string of the molecule is CC.CC.CCCC(CCC)Nc1ncc(C(F)(F)F)c(-c2cn(-c3ccc(CN(C)CC)cc3C)c(C)n2)n1.[HH]. The lowest BCUT2D eigenvalue weighted by molar-refractivity contribution is -0.137. The third kappa shape index (κ3) is 9.61. The van der Waals surface area contributed by atoms with Gasteiger partial charge in [0.25, 0.3) is 0 Å². The van der Waals surface area contributed by atoms with E-state index in [1.807, 2.05) is 51.3 Å². The average molecular weight is 565 g/mol. The van der Waals surface area contributed by atoms with Crippen LogP contribution in [0.4, 0.5) is 19.1 Å². The second-order valence-electron chi connectivity index (χ2n) is 9.37. The summed E-state index contributed by atoms with van der Waals surface area (Å²) in [6, 6.07) is 6.25. The zero-order valence-corrected chi connectivity index (χ0v) is 26.1. The van der Waals surface area contributed by atoms with Gasteiger partial charge in [-0.05, 0) is 57.5 Å². The van der Waals surface area contributed by atoms with Crippen LogP contribution in [0.1, 0.15) is 98.1 Å². The molecule has 0 fully saturated rings. The molecule has 226 valence electrons. The minimum Gasteiger partial charge on any atom is -0.351 e. The Labute approximate surface area is 240 Å². The molecular weight excluding hydrogens is 513 g/mol. The molecule has 6 nitrogen and oxygen atoms in total. The van der Waals surface area contributed by atoms with Gasteiger partial charge in [0.05, 0.1) is 0 Å². The third-order valence-electron chi connectivity index (χ3n) is 6.34. The summed E-state index contributed by atoms with van der Waals surface area (Å²) in [5.41, 5.74) is 2.13. The summed E-state index contributed by atoms with van der Waals surface area (Å²) in [5.74, 6) is 0.778. The van der Waals surface area contributed by atoms with E-state index < -0.39 is 11.7 Å². The zero-order valence-electron chi connectivity index (χ0n) is 26.1. The first kappa shape index (κ1) is 35.1. The Bertz CT molecular complexity index is 1160. The highest BCUT2D eigenvalue weighted by Crippen LogP contribution is 2.36. The van der Waals surface area contributed by atoms with Crippen molar-refractivity contribution in [1.29, 1.82) is 0 Å². The smallest absolute Gasteiger partial charge is 0.351 e. The summed E-state index contributed by atoms with van der Waals surface area (Å²) in [4.78, 5) is 15.0. The first-order valence-corrected chi connectivity index (χ1v) is 14.6. The van der Waals surface area contributed by atoms with E-state index in [0.29, 0.717) is 5.82 Å². The highest BCUT2D eigenvalue weighted by molar-refractivity contribution is 5.62. The van der Waals surface area contributed by atoms with Crippen LogP contribution >= 0.6 is 0 Å². The van der Waals surface area contributed by atoms with E-state index in [1.165, 1.54) is 5.56 Å². The summed E-state index contributed by atoms with van der Waals surface area (Å²) in [6.07, 6.45) is 1.60. The second-order valence-corrected chi connectivity index (χ2v) is 9.37. The van der Waals surface area contributed by atoms with E-state index in [0.717, 1.165) is 56.2 Å². The Morgan fingerprint density at radius 1 is 1.00 bits per heavy atom. The van der Waals surface area contributed by atoms with Crippen molar-refractivity contribution in [1.82, 2.24) is 24.4 Å². The Balaban J connectivity index is 0.00000306. The minimum atomic E-state index is -4.60. The molecule has 9 heteroatoms. The Kier molecular flexibility index (Phi) is 14.9. The fourth-order valence-electron chi connectivity index (χ4n) is 4.36. The average Bonchev–Trinajstić information content (AvgIpc) is 3.31. The van der Waals surface area contributed by atoms with Crippen LogP contribution in [0, 0.1) is 13.8 Å². The molecule has 0 spiro atoms. The lowest BCUT2D eigenvalue weighted by Crippen LogP contribution is -2.21. The number of aromatic nitrogens is 4. The predicted octanol–water partition coefficient (Wildman–Crippen LogP) is 9.10. The number of imidazole rings is 1. The molecule has 40 heavy (non-hydrogen) atoms.